The molecule has 0 unspecified atom stereocenters. The fourth-order valence-electron chi connectivity index (χ4n) is 2.29. The number of nitrogens with one attached hydrogen (secondary N) is 2. The first-order valence-electron chi connectivity index (χ1n) is 7.50. The third-order valence-electron chi connectivity index (χ3n) is 3.32. The molecule has 0 spiro atoms. The van der Waals surface area contributed by atoms with E-state index in [0.29, 0.717) is 12.1 Å². The van der Waals surface area contributed by atoms with Gasteiger partial charge < -0.3 is 15.2 Å². The number of hydrogen-bond donors (Lipinski definition) is 2. The molecular formula is C17H23N3O. The van der Waals surface area contributed by atoms with E-state index in [0.717, 1.165) is 25.2 Å². The minimum Gasteiger partial charge on any atom is -0.379 e. The number of carbonyl (C=O) groups is 1. The summed E-state index contributed by atoms with van der Waals surface area (Å²) in [6, 6.07) is 11.8. The van der Waals surface area contributed by atoms with Gasteiger partial charge in [-0.05, 0) is 43.7 Å². The van der Waals surface area contributed by atoms with E-state index in [-0.39, 0.29) is 5.91 Å². The molecule has 0 saturated heterocycles. The van der Waals surface area contributed by atoms with Crippen LogP contribution < -0.4 is 10.6 Å². The maximum Gasteiger partial charge on any atom is 0.251 e. The summed E-state index contributed by atoms with van der Waals surface area (Å²) in [7, 11) is 0. The number of carbonyl (C=O) groups excluding carboxylic acids is 1. The molecule has 1 heterocycles. The minimum absolute atomic E-state index is 0.0319. The number of benzene rings is 1. The molecule has 4 nitrogen and oxygen atoms in total. The summed E-state index contributed by atoms with van der Waals surface area (Å²) in [6.45, 7) is 6.52. The number of rotatable bonds is 7. The lowest BCUT2D eigenvalue weighted by molar-refractivity contribution is 0.0956. The summed E-state index contributed by atoms with van der Waals surface area (Å²) < 4.78 is 2.25. The first-order valence-corrected chi connectivity index (χ1v) is 7.50. The highest BCUT2D eigenvalue weighted by Gasteiger charge is 2.05. The van der Waals surface area contributed by atoms with E-state index in [1.54, 1.807) is 0 Å². The Labute approximate surface area is 126 Å². The van der Waals surface area contributed by atoms with Crippen LogP contribution in [-0.4, -0.2) is 17.0 Å². The van der Waals surface area contributed by atoms with Gasteiger partial charge >= 0.3 is 0 Å². The highest BCUT2D eigenvalue weighted by molar-refractivity contribution is 5.95. The Balaban J connectivity index is 2.01. The van der Waals surface area contributed by atoms with E-state index in [1.165, 1.54) is 5.69 Å². The number of aryl methyl sites for hydroxylation is 1. The van der Waals surface area contributed by atoms with Crippen LogP contribution in [0.1, 0.15) is 36.3 Å². The van der Waals surface area contributed by atoms with Crippen LogP contribution in [0.5, 0.6) is 0 Å². The predicted octanol–water partition coefficient (Wildman–Crippen LogP) is 3.26. The smallest absolute Gasteiger partial charge is 0.251 e. The van der Waals surface area contributed by atoms with Crippen LogP contribution in [0.2, 0.25) is 0 Å². The molecule has 0 fully saturated rings. The summed E-state index contributed by atoms with van der Waals surface area (Å²) >= 11 is 0. The third-order valence-corrected chi connectivity index (χ3v) is 3.32. The van der Waals surface area contributed by atoms with Gasteiger partial charge in [0, 0.05) is 36.2 Å². The lowest BCUT2D eigenvalue weighted by Gasteiger charge is -2.11. The molecule has 1 aromatic carbocycles. The van der Waals surface area contributed by atoms with Gasteiger partial charge in [0.1, 0.15) is 0 Å². The second-order valence-electron chi connectivity index (χ2n) is 4.99. The van der Waals surface area contributed by atoms with Gasteiger partial charge in [-0.1, -0.05) is 13.0 Å². The molecule has 0 bridgehead atoms. The van der Waals surface area contributed by atoms with Crippen LogP contribution in [0.25, 0.3) is 0 Å². The Morgan fingerprint density at radius 1 is 1.19 bits per heavy atom. The maximum atomic E-state index is 11.8. The van der Waals surface area contributed by atoms with Crippen molar-refractivity contribution in [2.75, 3.05) is 11.9 Å². The average molecular weight is 285 g/mol. The Bertz CT molecular complexity index is 589. The second-order valence-corrected chi connectivity index (χ2v) is 4.99. The van der Waals surface area contributed by atoms with Crippen molar-refractivity contribution in [3.05, 3.63) is 53.9 Å². The molecule has 0 saturated carbocycles. The molecule has 0 atom stereocenters. The molecule has 0 aliphatic carbocycles. The zero-order valence-electron chi connectivity index (χ0n) is 12.7. The fourth-order valence-corrected chi connectivity index (χ4v) is 2.29. The molecule has 1 aromatic heterocycles. The second kappa shape index (κ2) is 7.53. The number of hydrogen-bond acceptors (Lipinski definition) is 2. The molecule has 2 rings (SSSR count). The van der Waals surface area contributed by atoms with Crippen molar-refractivity contribution >= 4 is 11.6 Å². The van der Waals surface area contributed by atoms with Crippen LogP contribution in [0, 0.1) is 0 Å². The summed E-state index contributed by atoms with van der Waals surface area (Å²) in [5.41, 5.74) is 2.90. The van der Waals surface area contributed by atoms with Crippen molar-refractivity contribution < 1.29 is 4.79 Å². The Morgan fingerprint density at radius 2 is 2.05 bits per heavy atom. The fraction of sp³-hybridized carbons (Fsp3) is 0.353. The van der Waals surface area contributed by atoms with Crippen molar-refractivity contribution in [3.8, 4) is 0 Å². The third kappa shape index (κ3) is 4.12. The van der Waals surface area contributed by atoms with Crippen LogP contribution in [0.4, 0.5) is 5.69 Å². The summed E-state index contributed by atoms with van der Waals surface area (Å²) in [6.07, 6.45) is 3.22. The van der Waals surface area contributed by atoms with Gasteiger partial charge in [-0.3, -0.25) is 4.79 Å². The molecule has 0 aliphatic rings. The summed E-state index contributed by atoms with van der Waals surface area (Å²) in [4.78, 5) is 11.8. The Hall–Kier alpha value is -2.23. The highest BCUT2D eigenvalue weighted by atomic mass is 16.1. The zero-order chi connectivity index (χ0) is 15.1. The Kier molecular flexibility index (Phi) is 5.43. The topological polar surface area (TPSA) is 46.1 Å². The standard InChI is InChI=1S/C17H23N3O/c1-3-10-20-11-6-9-16(20)13-19-15-8-5-7-14(12-15)17(21)18-4-2/h5-9,11-12,19H,3-4,10,13H2,1-2H3,(H,18,21). The zero-order valence-corrected chi connectivity index (χ0v) is 12.7. The van der Waals surface area contributed by atoms with E-state index >= 15 is 0 Å². The van der Waals surface area contributed by atoms with Crippen LogP contribution >= 0.6 is 0 Å². The monoisotopic (exact) mass is 285 g/mol. The van der Waals surface area contributed by atoms with E-state index < -0.39 is 0 Å². The molecule has 1 amide bonds. The van der Waals surface area contributed by atoms with E-state index in [9.17, 15) is 4.79 Å². The number of aromatic nitrogens is 1. The predicted molar refractivity (Wildman–Crippen MR) is 86.5 cm³/mol. The number of anilines is 1. The molecule has 21 heavy (non-hydrogen) atoms. The average Bonchev–Trinajstić information content (AvgIpc) is 2.93. The van der Waals surface area contributed by atoms with Crippen LogP contribution in [-0.2, 0) is 13.1 Å². The van der Waals surface area contributed by atoms with Crippen LogP contribution in [0.3, 0.4) is 0 Å². The first-order chi connectivity index (χ1) is 10.2. The van der Waals surface area contributed by atoms with Gasteiger partial charge in [0.2, 0.25) is 0 Å². The van der Waals surface area contributed by atoms with Gasteiger partial charge in [-0.15, -0.1) is 0 Å². The lowest BCUT2D eigenvalue weighted by atomic mass is 10.2. The van der Waals surface area contributed by atoms with Gasteiger partial charge in [0.15, 0.2) is 0 Å². The van der Waals surface area contributed by atoms with Gasteiger partial charge in [0.05, 0.1) is 6.54 Å². The quantitative estimate of drug-likeness (QED) is 0.820. The van der Waals surface area contributed by atoms with Crippen LogP contribution in [0.15, 0.2) is 42.6 Å². The largest absolute Gasteiger partial charge is 0.379 e. The van der Waals surface area contributed by atoms with Crippen molar-refractivity contribution in [3.63, 3.8) is 0 Å². The maximum absolute atomic E-state index is 11.8. The van der Waals surface area contributed by atoms with Crippen molar-refractivity contribution in [2.24, 2.45) is 0 Å². The molecule has 2 N–H and O–H groups in total. The summed E-state index contributed by atoms with van der Waals surface area (Å²) in [5, 5.41) is 6.20. The first kappa shape index (κ1) is 15.2. The van der Waals surface area contributed by atoms with Crippen molar-refractivity contribution in [1.29, 1.82) is 0 Å². The van der Waals surface area contributed by atoms with E-state index in [4.69, 9.17) is 0 Å². The number of amides is 1. The van der Waals surface area contributed by atoms with E-state index in [1.807, 2.05) is 31.2 Å². The number of nitrogens with zero attached hydrogens (tertiary/aromatic N) is 1. The van der Waals surface area contributed by atoms with Crippen molar-refractivity contribution in [2.45, 2.75) is 33.4 Å². The van der Waals surface area contributed by atoms with Gasteiger partial charge in [-0.2, -0.15) is 0 Å². The lowest BCUT2D eigenvalue weighted by Crippen LogP contribution is -2.22. The van der Waals surface area contributed by atoms with E-state index in [2.05, 4.69) is 40.5 Å². The molecular weight excluding hydrogens is 262 g/mol. The SMILES string of the molecule is CCCn1cccc1CNc1cccc(C(=O)NCC)c1. The molecule has 0 radical (unpaired) electrons. The Morgan fingerprint density at radius 3 is 2.81 bits per heavy atom. The van der Waals surface area contributed by atoms with Crippen molar-refractivity contribution in [1.82, 2.24) is 9.88 Å². The summed E-state index contributed by atoms with van der Waals surface area (Å²) in [5.74, 6) is -0.0319. The molecule has 112 valence electrons. The normalized spacial score (nSPS) is 10.4. The van der Waals surface area contributed by atoms with Gasteiger partial charge in [-0.25, -0.2) is 0 Å². The molecule has 4 heteroatoms. The minimum atomic E-state index is -0.0319. The van der Waals surface area contributed by atoms with Gasteiger partial charge in [0.25, 0.3) is 5.91 Å². The highest BCUT2D eigenvalue weighted by Crippen LogP contribution is 2.13. The molecule has 0 aliphatic heterocycles. The molecule has 2 aromatic rings.